The van der Waals surface area contributed by atoms with Crippen molar-refractivity contribution >= 4 is 33.8 Å². The third kappa shape index (κ3) is 9.35. The van der Waals surface area contributed by atoms with E-state index >= 15 is 0 Å². The quantitative estimate of drug-likeness (QED) is 0.286. The highest BCUT2D eigenvalue weighted by Gasteiger charge is 2.43. The van der Waals surface area contributed by atoms with E-state index < -0.39 is 67.1 Å². The number of anilines is 1. The number of hydrogen-bond acceptors (Lipinski definition) is 10. The predicted octanol–water partition coefficient (Wildman–Crippen LogP) is 4.80. The second kappa shape index (κ2) is 13.3. The molecule has 1 saturated heterocycles. The Labute approximate surface area is 264 Å². The van der Waals surface area contributed by atoms with Crippen molar-refractivity contribution < 1.29 is 36.7 Å². The number of sulfonamides is 1. The van der Waals surface area contributed by atoms with Gasteiger partial charge in [-0.3, -0.25) is 4.79 Å². The molecule has 45 heavy (non-hydrogen) atoms. The number of ether oxygens (including phenoxy) is 2. The number of carbonyl (C=O) groups is 3. The molecule has 2 N–H and O–H groups in total. The number of nitrogens with zero attached hydrogens (tertiary/aromatic N) is 3. The standard InChI is InChI=1S/C31H44FN5O7S/c1-29(2,3)22-16-14-20(25(32)34-22)26(38)36-45(41,42)24-12-10-11-23(35-24)33-21(27(39)43-9)15-13-19-17-31(7,8)37(18-19)28(40)44-30(4,5)6/h10-12,14,16,19,21H,13,15,17-18H2,1-9H3,(H,33,35)(H,36,38)/t19-,21-/m0/s1. The molecule has 0 unspecified atom stereocenters. The highest BCUT2D eigenvalue weighted by Crippen LogP contribution is 2.36. The molecule has 12 nitrogen and oxygen atoms in total. The molecular weight excluding hydrogens is 605 g/mol. The first-order valence-corrected chi connectivity index (χ1v) is 16.2. The van der Waals surface area contributed by atoms with E-state index in [0.717, 1.165) is 6.07 Å². The van der Waals surface area contributed by atoms with Crippen LogP contribution in [0.3, 0.4) is 0 Å². The van der Waals surface area contributed by atoms with Gasteiger partial charge in [-0.15, -0.1) is 0 Å². The molecule has 2 amide bonds. The number of carbonyl (C=O) groups excluding carboxylic acids is 3. The minimum absolute atomic E-state index is 0.0465. The summed E-state index contributed by atoms with van der Waals surface area (Å²) in [6, 6.07) is 5.78. The van der Waals surface area contributed by atoms with Gasteiger partial charge >= 0.3 is 12.1 Å². The van der Waals surface area contributed by atoms with Crippen molar-refractivity contribution in [1.82, 2.24) is 19.6 Å². The number of esters is 1. The van der Waals surface area contributed by atoms with Gasteiger partial charge in [0.2, 0.25) is 5.95 Å². The minimum Gasteiger partial charge on any atom is -0.467 e. The first kappa shape index (κ1) is 35.7. The van der Waals surface area contributed by atoms with Gasteiger partial charge in [0.05, 0.1) is 12.7 Å². The van der Waals surface area contributed by atoms with Crippen molar-refractivity contribution in [2.24, 2.45) is 5.92 Å². The Morgan fingerprint density at radius 3 is 2.33 bits per heavy atom. The Bertz CT molecular complexity index is 1530. The van der Waals surface area contributed by atoms with Gasteiger partial charge in [0, 0.05) is 23.2 Å². The summed E-state index contributed by atoms with van der Waals surface area (Å²) in [5.74, 6) is -2.76. The van der Waals surface area contributed by atoms with Crippen molar-refractivity contribution in [3.8, 4) is 0 Å². The number of pyridine rings is 2. The average Bonchev–Trinajstić information content (AvgIpc) is 3.23. The number of halogens is 1. The SMILES string of the molecule is COC(=O)[C@H](CC[C@@H]1CN(C(=O)OC(C)(C)C)C(C)(C)C1)Nc1cccc(S(=O)(=O)NC(=O)c2ccc(C(C)(C)C)nc2F)n1. The number of likely N-dealkylation sites (tertiary alicyclic amines) is 1. The van der Waals surface area contributed by atoms with E-state index in [1.807, 2.05) is 60.1 Å². The number of aromatic nitrogens is 2. The lowest BCUT2D eigenvalue weighted by molar-refractivity contribution is -0.141. The van der Waals surface area contributed by atoms with Gasteiger partial charge in [-0.2, -0.15) is 12.8 Å². The monoisotopic (exact) mass is 649 g/mol. The maximum absolute atomic E-state index is 14.6. The summed E-state index contributed by atoms with van der Waals surface area (Å²) in [5.41, 5.74) is -1.68. The number of hydrogen-bond donors (Lipinski definition) is 2. The maximum atomic E-state index is 14.6. The summed E-state index contributed by atoms with van der Waals surface area (Å²) in [6.45, 7) is 15.3. The van der Waals surface area contributed by atoms with Gasteiger partial charge in [0.25, 0.3) is 15.9 Å². The molecule has 0 bridgehead atoms. The van der Waals surface area contributed by atoms with E-state index in [4.69, 9.17) is 9.47 Å². The Balaban J connectivity index is 1.71. The molecule has 0 radical (unpaired) electrons. The van der Waals surface area contributed by atoms with Crippen LogP contribution in [0.15, 0.2) is 35.4 Å². The van der Waals surface area contributed by atoms with Gasteiger partial charge < -0.3 is 19.7 Å². The smallest absolute Gasteiger partial charge is 0.410 e. The molecule has 248 valence electrons. The largest absolute Gasteiger partial charge is 0.467 e. The molecule has 0 aliphatic carbocycles. The first-order chi connectivity index (χ1) is 20.6. The fraction of sp³-hybridized carbons (Fsp3) is 0.581. The zero-order valence-electron chi connectivity index (χ0n) is 27.4. The summed E-state index contributed by atoms with van der Waals surface area (Å²) < 4.78 is 53.0. The molecule has 0 saturated carbocycles. The minimum atomic E-state index is -4.52. The fourth-order valence-corrected chi connectivity index (χ4v) is 6.02. The third-order valence-corrected chi connectivity index (χ3v) is 8.56. The number of nitrogens with one attached hydrogen (secondary N) is 2. The molecule has 2 atom stereocenters. The molecule has 2 aromatic heterocycles. The molecule has 1 fully saturated rings. The van der Waals surface area contributed by atoms with Crippen molar-refractivity contribution in [2.75, 3.05) is 19.0 Å². The molecule has 0 spiro atoms. The zero-order valence-corrected chi connectivity index (χ0v) is 28.2. The fourth-order valence-electron chi connectivity index (χ4n) is 5.09. The third-order valence-electron chi connectivity index (χ3n) is 7.33. The maximum Gasteiger partial charge on any atom is 0.410 e. The summed E-state index contributed by atoms with van der Waals surface area (Å²) in [4.78, 5) is 47.7. The summed E-state index contributed by atoms with van der Waals surface area (Å²) in [7, 11) is -3.28. The van der Waals surface area contributed by atoms with Crippen molar-refractivity contribution in [1.29, 1.82) is 0 Å². The number of methoxy groups -OCH3 is 1. The second-order valence-electron chi connectivity index (χ2n) is 13.9. The van der Waals surface area contributed by atoms with Crippen LogP contribution in [0.2, 0.25) is 0 Å². The van der Waals surface area contributed by atoms with Crippen molar-refractivity contribution in [3.05, 3.63) is 47.5 Å². The van der Waals surface area contributed by atoms with E-state index in [1.54, 1.807) is 4.90 Å². The van der Waals surface area contributed by atoms with E-state index in [0.29, 0.717) is 31.5 Å². The number of rotatable bonds is 9. The Morgan fingerprint density at radius 2 is 1.76 bits per heavy atom. The van der Waals surface area contributed by atoms with Crippen LogP contribution in [0.1, 0.15) is 90.7 Å². The van der Waals surface area contributed by atoms with Gasteiger partial charge in [-0.05, 0) is 84.1 Å². The molecule has 1 aliphatic heterocycles. The van der Waals surface area contributed by atoms with Crippen LogP contribution in [0.25, 0.3) is 0 Å². The van der Waals surface area contributed by atoms with E-state index in [2.05, 4.69) is 15.3 Å². The Morgan fingerprint density at radius 1 is 1.09 bits per heavy atom. The van der Waals surface area contributed by atoms with Crippen LogP contribution in [0.4, 0.5) is 15.0 Å². The Kier molecular flexibility index (Phi) is 10.5. The molecular formula is C31H44FN5O7S. The highest BCUT2D eigenvalue weighted by atomic mass is 32.2. The first-order valence-electron chi connectivity index (χ1n) is 14.7. The second-order valence-corrected chi connectivity index (χ2v) is 15.5. The van der Waals surface area contributed by atoms with Crippen LogP contribution >= 0.6 is 0 Å². The van der Waals surface area contributed by atoms with Crippen molar-refractivity contribution in [3.63, 3.8) is 0 Å². The van der Waals surface area contributed by atoms with Gasteiger partial charge in [-0.25, -0.2) is 24.3 Å². The molecule has 2 aromatic rings. The lowest BCUT2D eigenvalue weighted by Gasteiger charge is -2.33. The number of amides is 2. The van der Waals surface area contributed by atoms with Gasteiger partial charge in [-0.1, -0.05) is 26.8 Å². The Hall–Kier alpha value is -3.81. The van der Waals surface area contributed by atoms with Crippen molar-refractivity contribution in [2.45, 2.75) is 102 Å². The van der Waals surface area contributed by atoms with E-state index in [-0.39, 0.29) is 11.7 Å². The predicted molar refractivity (Wildman–Crippen MR) is 166 cm³/mol. The van der Waals surface area contributed by atoms with Gasteiger partial charge in [0.1, 0.15) is 17.5 Å². The molecule has 3 rings (SSSR count). The van der Waals surface area contributed by atoms with Crippen LogP contribution in [-0.4, -0.2) is 72.1 Å². The van der Waals surface area contributed by atoms with Crippen LogP contribution in [0.5, 0.6) is 0 Å². The van der Waals surface area contributed by atoms with Crippen LogP contribution < -0.4 is 10.0 Å². The molecule has 14 heteroatoms. The van der Waals surface area contributed by atoms with Crippen LogP contribution in [-0.2, 0) is 29.7 Å². The summed E-state index contributed by atoms with van der Waals surface area (Å²) in [5, 5.41) is 2.41. The highest BCUT2D eigenvalue weighted by molar-refractivity contribution is 7.90. The lowest BCUT2D eigenvalue weighted by atomic mass is 9.91. The molecule has 1 aliphatic rings. The summed E-state index contributed by atoms with van der Waals surface area (Å²) in [6.07, 6.45) is 1.16. The van der Waals surface area contributed by atoms with Gasteiger partial charge in [0.15, 0.2) is 5.03 Å². The molecule has 0 aromatic carbocycles. The lowest BCUT2D eigenvalue weighted by Crippen LogP contribution is -2.45. The van der Waals surface area contributed by atoms with Crippen LogP contribution in [0, 0.1) is 11.9 Å². The van der Waals surface area contributed by atoms with E-state index in [9.17, 15) is 27.2 Å². The average molecular weight is 650 g/mol. The topological polar surface area (TPSA) is 157 Å². The molecule has 3 heterocycles. The van der Waals surface area contributed by atoms with E-state index in [1.165, 1.54) is 31.4 Å². The normalized spacial score (nSPS) is 17.4. The summed E-state index contributed by atoms with van der Waals surface area (Å²) >= 11 is 0. The zero-order chi connectivity index (χ0) is 34.0.